The summed E-state index contributed by atoms with van der Waals surface area (Å²) in [5, 5.41) is 8.71. The fraction of sp³-hybridized carbons (Fsp3) is 0.650. The molecule has 0 heterocycles. The third-order valence-electron chi connectivity index (χ3n) is 4.75. The molecule has 0 amide bonds. The van der Waals surface area contributed by atoms with Gasteiger partial charge in [0, 0.05) is 6.42 Å². The monoisotopic (exact) mass is 384 g/mol. The molecule has 1 aromatic carbocycles. The quantitative estimate of drug-likeness (QED) is 0.330. The van der Waals surface area contributed by atoms with E-state index < -0.39 is 16.1 Å². The number of carboxylic acids is 1. The van der Waals surface area contributed by atoms with Gasteiger partial charge < -0.3 is 5.11 Å². The van der Waals surface area contributed by atoms with Crippen molar-refractivity contribution in [1.29, 1.82) is 0 Å². The average molecular weight is 385 g/mol. The van der Waals surface area contributed by atoms with Crippen molar-refractivity contribution in [3.8, 4) is 0 Å². The number of hydrogen-bond donors (Lipinski definition) is 2. The molecule has 2 N–H and O–H groups in total. The summed E-state index contributed by atoms with van der Waals surface area (Å²) in [4.78, 5) is 10.5. The van der Waals surface area contributed by atoms with E-state index in [-0.39, 0.29) is 11.3 Å². The standard InChI is InChI=1S/C20H32O5S/c1-2-3-4-5-7-10-17(11-8-6-9-12-20(21)22)18-13-15-19(16-14-18)26(23,24)25/h13-17H,2-12H2,1H3,(H,21,22)(H,23,24,25). The zero-order valence-corrected chi connectivity index (χ0v) is 16.5. The van der Waals surface area contributed by atoms with Gasteiger partial charge in [-0.3, -0.25) is 9.35 Å². The van der Waals surface area contributed by atoms with Crippen LogP contribution in [-0.2, 0) is 14.9 Å². The van der Waals surface area contributed by atoms with E-state index in [1.807, 2.05) is 0 Å². The minimum absolute atomic E-state index is 0.0793. The van der Waals surface area contributed by atoms with Crippen molar-refractivity contribution in [2.45, 2.75) is 88.4 Å². The van der Waals surface area contributed by atoms with E-state index in [0.717, 1.165) is 37.7 Å². The van der Waals surface area contributed by atoms with Crippen LogP contribution in [0.15, 0.2) is 29.2 Å². The fourth-order valence-electron chi connectivity index (χ4n) is 3.23. The molecule has 0 bridgehead atoms. The second kappa shape index (κ2) is 12.1. The first-order valence-electron chi connectivity index (χ1n) is 9.63. The van der Waals surface area contributed by atoms with Gasteiger partial charge in [-0.15, -0.1) is 0 Å². The molecule has 0 radical (unpaired) electrons. The summed E-state index contributed by atoms with van der Waals surface area (Å²) in [5.41, 5.74) is 1.09. The van der Waals surface area contributed by atoms with E-state index in [0.29, 0.717) is 12.3 Å². The van der Waals surface area contributed by atoms with Gasteiger partial charge in [-0.05, 0) is 42.9 Å². The number of benzene rings is 1. The van der Waals surface area contributed by atoms with Crippen LogP contribution >= 0.6 is 0 Å². The Labute approximate surface area is 157 Å². The Morgan fingerprint density at radius 1 is 0.923 bits per heavy atom. The van der Waals surface area contributed by atoms with Gasteiger partial charge >= 0.3 is 5.97 Å². The zero-order chi connectivity index (χ0) is 19.4. The van der Waals surface area contributed by atoms with Gasteiger partial charge in [0.05, 0.1) is 4.90 Å². The van der Waals surface area contributed by atoms with Crippen LogP contribution in [0.5, 0.6) is 0 Å². The Bertz CT molecular complexity index is 622. The summed E-state index contributed by atoms with van der Waals surface area (Å²) in [7, 11) is -4.16. The summed E-state index contributed by atoms with van der Waals surface area (Å²) >= 11 is 0. The third kappa shape index (κ3) is 9.34. The van der Waals surface area contributed by atoms with Gasteiger partial charge in [0.2, 0.25) is 0 Å². The largest absolute Gasteiger partial charge is 0.481 e. The summed E-state index contributed by atoms with van der Waals surface area (Å²) < 4.78 is 31.5. The van der Waals surface area contributed by atoms with Gasteiger partial charge in [-0.2, -0.15) is 8.42 Å². The first kappa shape index (κ1) is 22.6. The molecular formula is C20H32O5S. The van der Waals surface area contributed by atoms with Crippen LogP contribution in [-0.4, -0.2) is 24.0 Å². The van der Waals surface area contributed by atoms with Crippen LogP contribution in [0.3, 0.4) is 0 Å². The molecule has 0 aliphatic carbocycles. The summed E-state index contributed by atoms with van der Waals surface area (Å²) in [5.74, 6) is -0.407. The molecular weight excluding hydrogens is 352 g/mol. The zero-order valence-electron chi connectivity index (χ0n) is 15.7. The lowest BCUT2D eigenvalue weighted by Gasteiger charge is -2.18. The molecule has 26 heavy (non-hydrogen) atoms. The number of aliphatic carboxylic acids is 1. The number of carboxylic acid groups (broad SMARTS) is 1. The number of unbranched alkanes of at least 4 members (excludes halogenated alkanes) is 6. The topological polar surface area (TPSA) is 91.7 Å². The first-order valence-corrected chi connectivity index (χ1v) is 11.1. The van der Waals surface area contributed by atoms with E-state index in [9.17, 15) is 13.2 Å². The Hall–Kier alpha value is -1.40. The normalized spacial score (nSPS) is 12.8. The van der Waals surface area contributed by atoms with Crippen molar-refractivity contribution in [2.24, 2.45) is 0 Å². The van der Waals surface area contributed by atoms with Crippen LogP contribution in [0.1, 0.15) is 89.0 Å². The molecule has 0 aromatic heterocycles. The molecule has 0 aliphatic heterocycles. The Morgan fingerprint density at radius 2 is 1.46 bits per heavy atom. The lowest BCUT2D eigenvalue weighted by molar-refractivity contribution is -0.137. The average Bonchev–Trinajstić information content (AvgIpc) is 2.58. The molecule has 0 spiro atoms. The maximum absolute atomic E-state index is 11.2. The number of rotatable bonds is 14. The second-order valence-electron chi connectivity index (χ2n) is 6.94. The lowest BCUT2D eigenvalue weighted by atomic mass is 9.88. The van der Waals surface area contributed by atoms with Gasteiger partial charge in [-0.25, -0.2) is 0 Å². The third-order valence-corrected chi connectivity index (χ3v) is 5.62. The highest BCUT2D eigenvalue weighted by Gasteiger charge is 2.14. The minimum atomic E-state index is -4.16. The highest BCUT2D eigenvalue weighted by Crippen LogP contribution is 2.29. The van der Waals surface area contributed by atoms with Gasteiger partial charge in [0.15, 0.2) is 0 Å². The van der Waals surface area contributed by atoms with Gasteiger partial charge in [0.25, 0.3) is 10.1 Å². The SMILES string of the molecule is CCCCCCCC(CCCCCC(=O)O)c1ccc(S(=O)(=O)O)cc1. The Kier molecular flexibility index (Phi) is 10.5. The molecule has 0 saturated heterocycles. The number of hydrogen-bond acceptors (Lipinski definition) is 3. The summed E-state index contributed by atoms with van der Waals surface area (Å²) in [6.07, 6.45) is 10.8. The van der Waals surface area contributed by atoms with Crippen molar-refractivity contribution in [3.63, 3.8) is 0 Å². The molecule has 1 unspecified atom stereocenters. The molecule has 6 heteroatoms. The van der Waals surface area contributed by atoms with E-state index in [2.05, 4.69) is 6.92 Å². The van der Waals surface area contributed by atoms with Crippen molar-refractivity contribution >= 4 is 16.1 Å². The van der Waals surface area contributed by atoms with Crippen molar-refractivity contribution in [3.05, 3.63) is 29.8 Å². The van der Waals surface area contributed by atoms with Crippen LogP contribution in [0.4, 0.5) is 0 Å². The van der Waals surface area contributed by atoms with Crippen LogP contribution in [0.25, 0.3) is 0 Å². The smallest absolute Gasteiger partial charge is 0.303 e. The second-order valence-corrected chi connectivity index (χ2v) is 8.36. The molecule has 148 valence electrons. The van der Waals surface area contributed by atoms with Crippen LogP contribution < -0.4 is 0 Å². The van der Waals surface area contributed by atoms with E-state index in [4.69, 9.17) is 9.66 Å². The Morgan fingerprint density at radius 3 is 1.96 bits per heavy atom. The molecule has 5 nitrogen and oxygen atoms in total. The van der Waals surface area contributed by atoms with E-state index in [1.54, 1.807) is 12.1 Å². The fourth-order valence-corrected chi connectivity index (χ4v) is 3.71. The van der Waals surface area contributed by atoms with Gasteiger partial charge in [-0.1, -0.05) is 64.0 Å². The maximum atomic E-state index is 11.2. The molecule has 0 aliphatic rings. The van der Waals surface area contributed by atoms with Crippen LogP contribution in [0, 0.1) is 0 Å². The molecule has 1 aromatic rings. The summed E-state index contributed by atoms with van der Waals surface area (Å²) in [6, 6.07) is 6.49. The van der Waals surface area contributed by atoms with Crippen molar-refractivity contribution < 1.29 is 22.9 Å². The Balaban J connectivity index is 2.62. The first-order chi connectivity index (χ1) is 12.3. The van der Waals surface area contributed by atoms with Crippen LogP contribution in [0.2, 0.25) is 0 Å². The van der Waals surface area contributed by atoms with Gasteiger partial charge in [0.1, 0.15) is 0 Å². The lowest BCUT2D eigenvalue weighted by Crippen LogP contribution is -2.02. The predicted octanol–water partition coefficient (Wildman–Crippen LogP) is 5.41. The molecule has 1 atom stereocenters. The van der Waals surface area contributed by atoms with Crippen molar-refractivity contribution in [1.82, 2.24) is 0 Å². The molecule has 0 saturated carbocycles. The van der Waals surface area contributed by atoms with E-state index >= 15 is 0 Å². The highest BCUT2D eigenvalue weighted by molar-refractivity contribution is 7.85. The highest BCUT2D eigenvalue weighted by atomic mass is 32.2. The summed E-state index contributed by atoms with van der Waals surface area (Å²) in [6.45, 7) is 2.19. The van der Waals surface area contributed by atoms with E-state index in [1.165, 1.54) is 37.8 Å². The predicted molar refractivity (Wildman–Crippen MR) is 103 cm³/mol. The number of carbonyl (C=O) groups is 1. The minimum Gasteiger partial charge on any atom is -0.481 e. The molecule has 1 rings (SSSR count). The van der Waals surface area contributed by atoms with Crippen molar-refractivity contribution in [2.75, 3.05) is 0 Å². The maximum Gasteiger partial charge on any atom is 0.303 e. The molecule has 0 fully saturated rings.